The monoisotopic (exact) mass is 354 g/mol. The van der Waals surface area contributed by atoms with Crippen molar-refractivity contribution in [2.75, 3.05) is 0 Å². The van der Waals surface area contributed by atoms with Crippen molar-refractivity contribution in [2.24, 2.45) is 0 Å². The number of aromatic nitrogens is 2. The number of fused-ring (bicyclic) bond motifs is 1. The average Bonchev–Trinajstić information content (AvgIpc) is 2.72. The highest BCUT2D eigenvalue weighted by Crippen LogP contribution is 2.27. The van der Waals surface area contributed by atoms with Crippen molar-refractivity contribution in [3.63, 3.8) is 0 Å². The summed E-state index contributed by atoms with van der Waals surface area (Å²) in [6.45, 7) is 1.94. The number of halogens is 3. The Morgan fingerprint density at radius 2 is 1.95 bits per heavy atom. The maximum atomic E-state index is 14.1. The number of rotatable bonds is 1. The van der Waals surface area contributed by atoms with Gasteiger partial charge in [0.2, 0.25) is 0 Å². The first-order valence-electron chi connectivity index (χ1n) is 5.84. The predicted molar refractivity (Wildman–Crippen MR) is 80.8 cm³/mol. The Morgan fingerprint density at radius 1 is 1.20 bits per heavy atom. The minimum atomic E-state index is -0.663. The number of H-pyrrole nitrogens is 1. The van der Waals surface area contributed by atoms with Crippen LogP contribution in [-0.4, -0.2) is 9.55 Å². The average molecular weight is 355 g/mol. The lowest BCUT2D eigenvalue weighted by molar-refractivity contribution is 0.574. The zero-order chi connectivity index (χ0) is 14.4. The zero-order valence-corrected chi connectivity index (χ0v) is 12.8. The van der Waals surface area contributed by atoms with Crippen LogP contribution >= 0.6 is 28.1 Å². The third-order valence-electron chi connectivity index (χ3n) is 3.16. The molecule has 102 valence electrons. The van der Waals surface area contributed by atoms with Crippen LogP contribution in [0.1, 0.15) is 5.56 Å². The van der Waals surface area contributed by atoms with Gasteiger partial charge in [0.05, 0.1) is 21.2 Å². The summed E-state index contributed by atoms with van der Waals surface area (Å²) in [6.07, 6.45) is 0. The molecule has 0 atom stereocenters. The lowest BCUT2D eigenvalue weighted by atomic mass is 10.2. The molecule has 2 aromatic carbocycles. The van der Waals surface area contributed by atoms with E-state index in [1.165, 1.54) is 6.07 Å². The SMILES string of the molecule is Cc1cccc2c1[nH]c(=S)n2-c1cc(Br)c(F)cc1F. The number of imidazole rings is 1. The van der Waals surface area contributed by atoms with Crippen LogP contribution in [0.2, 0.25) is 0 Å². The summed E-state index contributed by atoms with van der Waals surface area (Å²) >= 11 is 8.33. The fraction of sp³-hybridized carbons (Fsp3) is 0.0714. The van der Waals surface area contributed by atoms with Crippen LogP contribution in [0.5, 0.6) is 0 Å². The van der Waals surface area contributed by atoms with Crippen LogP contribution < -0.4 is 0 Å². The Kier molecular flexibility index (Phi) is 3.22. The van der Waals surface area contributed by atoms with E-state index in [2.05, 4.69) is 20.9 Å². The van der Waals surface area contributed by atoms with Gasteiger partial charge in [-0.1, -0.05) is 12.1 Å². The van der Waals surface area contributed by atoms with E-state index >= 15 is 0 Å². The van der Waals surface area contributed by atoms with Gasteiger partial charge in [-0.15, -0.1) is 0 Å². The minimum absolute atomic E-state index is 0.192. The maximum Gasteiger partial charge on any atom is 0.182 e. The molecule has 3 rings (SSSR count). The number of aryl methyl sites for hydroxylation is 1. The van der Waals surface area contributed by atoms with E-state index in [1.54, 1.807) is 4.57 Å². The third kappa shape index (κ3) is 1.99. The molecule has 6 heteroatoms. The standard InChI is InChI=1S/C14H9BrF2N2S/c1-7-3-2-4-11-13(7)18-14(20)19(11)12-5-8(15)9(16)6-10(12)17/h2-6H,1H3,(H,18,20). The van der Waals surface area contributed by atoms with Crippen LogP contribution in [0.3, 0.4) is 0 Å². The molecule has 0 fully saturated rings. The summed E-state index contributed by atoms with van der Waals surface area (Å²) in [5.41, 5.74) is 2.82. The zero-order valence-electron chi connectivity index (χ0n) is 10.4. The van der Waals surface area contributed by atoms with Crippen LogP contribution in [0.25, 0.3) is 16.7 Å². The number of hydrogen-bond acceptors (Lipinski definition) is 1. The van der Waals surface area contributed by atoms with Crippen LogP contribution in [0, 0.1) is 23.3 Å². The van der Waals surface area contributed by atoms with Crippen molar-refractivity contribution in [3.8, 4) is 5.69 Å². The van der Waals surface area contributed by atoms with Gasteiger partial charge < -0.3 is 4.98 Å². The van der Waals surface area contributed by atoms with E-state index in [1.807, 2.05) is 25.1 Å². The molecule has 1 heterocycles. The highest BCUT2D eigenvalue weighted by Gasteiger charge is 2.14. The molecule has 0 aliphatic heterocycles. The van der Waals surface area contributed by atoms with E-state index in [9.17, 15) is 8.78 Å². The quantitative estimate of drug-likeness (QED) is 0.479. The summed E-state index contributed by atoms with van der Waals surface area (Å²) in [4.78, 5) is 3.06. The molecular formula is C14H9BrF2N2S. The highest BCUT2D eigenvalue weighted by molar-refractivity contribution is 9.10. The maximum absolute atomic E-state index is 14.1. The second kappa shape index (κ2) is 4.79. The van der Waals surface area contributed by atoms with E-state index in [4.69, 9.17) is 12.2 Å². The first kappa shape index (κ1) is 13.5. The van der Waals surface area contributed by atoms with Crippen molar-refractivity contribution in [2.45, 2.75) is 6.92 Å². The lowest BCUT2D eigenvalue weighted by Gasteiger charge is -2.07. The fourth-order valence-corrected chi connectivity index (χ4v) is 2.83. The molecule has 20 heavy (non-hydrogen) atoms. The van der Waals surface area contributed by atoms with Gasteiger partial charge in [-0.2, -0.15) is 0 Å². The Balaban J connectivity index is 2.41. The van der Waals surface area contributed by atoms with Gasteiger partial charge in [0.15, 0.2) is 4.77 Å². The van der Waals surface area contributed by atoms with Gasteiger partial charge in [-0.3, -0.25) is 4.57 Å². The van der Waals surface area contributed by atoms with E-state index in [-0.39, 0.29) is 10.2 Å². The van der Waals surface area contributed by atoms with Crippen molar-refractivity contribution in [1.29, 1.82) is 0 Å². The van der Waals surface area contributed by atoms with Crippen molar-refractivity contribution in [1.82, 2.24) is 9.55 Å². The number of nitrogens with zero attached hydrogens (tertiary/aromatic N) is 1. The van der Waals surface area contributed by atoms with Crippen molar-refractivity contribution < 1.29 is 8.78 Å². The van der Waals surface area contributed by atoms with Crippen LogP contribution in [-0.2, 0) is 0 Å². The van der Waals surface area contributed by atoms with Gasteiger partial charge in [0.1, 0.15) is 11.6 Å². The number of benzene rings is 2. The summed E-state index contributed by atoms with van der Waals surface area (Å²) in [7, 11) is 0. The molecular weight excluding hydrogens is 346 g/mol. The molecule has 0 saturated heterocycles. The molecule has 3 aromatic rings. The topological polar surface area (TPSA) is 20.7 Å². The van der Waals surface area contributed by atoms with Crippen LogP contribution in [0.4, 0.5) is 8.78 Å². The van der Waals surface area contributed by atoms with E-state index in [0.717, 1.165) is 22.7 Å². The predicted octanol–water partition coefficient (Wildman–Crippen LogP) is 5.04. The second-order valence-corrected chi connectivity index (χ2v) is 5.69. The lowest BCUT2D eigenvalue weighted by Crippen LogP contribution is -1.99. The van der Waals surface area contributed by atoms with Gasteiger partial charge in [0, 0.05) is 6.07 Å². The molecule has 0 aliphatic carbocycles. The molecule has 0 bridgehead atoms. The molecule has 0 unspecified atom stereocenters. The summed E-state index contributed by atoms with van der Waals surface area (Å²) in [5, 5.41) is 0. The first-order valence-corrected chi connectivity index (χ1v) is 7.04. The largest absolute Gasteiger partial charge is 0.330 e. The number of nitrogens with one attached hydrogen (secondary N) is 1. The smallest absolute Gasteiger partial charge is 0.182 e. The third-order valence-corrected chi connectivity index (χ3v) is 4.05. The molecule has 2 nitrogen and oxygen atoms in total. The molecule has 0 aliphatic rings. The van der Waals surface area contributed by atoms with Crippen molar-refractivity contribution in [3.05, 3.63) is 56.8 Å². The van der Waals surface area contributed by atoms with Gasteiger partial charge >= 0.3 is 0 Å². The fourth-order valence-electron chi connectivity index (χ4n) is 2.20. The Labute approximate surface area is 127 Å². The second-order valence-electron chi connectivity index (χ2n) is 4.45. The number of aromatic amines is 1. The van der Waals surface area contributed by atoms with Crippen molar-refractivity contribution >= 4 is 39.2 Å². The normalized spacial score (nSPS) is 11.2. The Bertz CT molecular complexity index is 883. The van der Waals surface area contributed by atoms with Gasteiger partial charge in [0.25, 0.3) is 0 Å². The van der Waals surface area contributed by atoms with Crippen LogP contribution in [0.15, 0.2) is 34.8 Å². The molecule has 0 radical (unpaired) electrons. The summed E-state index contributed by atoms with van der Waals surface area (Å²) in [5.74, 6) is -1.31. The molecule has 0 spiro atoms. The first-order chi connectivity index (χ1) is 9.49. The number of para-hydroxylation sites is 1. The Morgan fingerprint density at radius 3 is 2.70 bits per heavy atom. The molecule has 0 amide bonds. The van der Waals surface area contributed by atoms with Gasteiger partial charge in [-0.05, 0) is 52.8 Å². The molecule has 1 aromatic heterocycles. The van der Waals surface area contributed by atoms with E-state index < -0.39 is 11.6 Å². The number of hydrogen-bond donors (Lipinski definition) is 1. The highest BCUT2D eigenvalue weighted by atomic mass is 79.9. The Hall–Kier alpha value is -1.53. The minimum Gasteiger partial charge on any atom is -0.330 e. The van der Waals surface area contributed by atoms with Gasteiger partial charge in [-0.25, -0.2) is 8.78 Å². The van der Waals surface area contributed by atoms with E-state index in [0.29, 0.717) is 4.77 Å². The summed E-state index contributed by atoms with van der Waals surface area (Å²) < 4.78 is 29.5. The molecule has 0 saturated carbocycles. The molecule has 1 N–H and O–H groups in total. The summed E-state index contributed by atoms with van der Waals surface area (Å²) in [6, 6.07) is 7.87.